The Labute approximate surface area is 157 Å². The van der Waals surface area contributed by atoms with Crippen LogP contribution >= 0.6 is 0 Å². The number of nitrogens with two attached hydrogens (primary N) is 1. The van der Waals surface area contributed by atoms with E-state index in [4.69, 9.17) is 5.73 Å². The fourth-order valence-corrected chi connectivity index (χ4v) is 2.24. The van der Waals surface area contributed by atoms with Gasteiger partial charge in [-0.25, -0.2) is 9.97 Å². The van der Waals surface area contributed by atoms with Crippen molar-refractivity contribution in [3.8, 4) is 11.8 Å². The van der Waals surface area contributed by atoms with Gasteiger partial charge in [0.15, 0.2) is 5.82 Å². The molecule has 0 spiro atoms. The van der Waals surface area contributed by atoms with E-state index in [2.05, 4.69) is 58.1 Å². The molecule has 27 heavy (non-hydrogen) atoms. The standard InChI is InChI=1S/C20H20N6O/c1-20(2,3)16-10-17(26-25-16)24-18(27)15-6-4-5-13(9-15)7-8-14-11-22-19(21)23-12-14/h4-6,9-12H,1-3H3,(H2,21,22,23)(H2,24,25,26,27). The van der Waals surface area contributed by atoms with Crippen molar-refractivity contribution in [3.63, 3.8) is 0 Å². The molecule has 0 saturated heterocycles. The van der Waals surface area contributed by atoms with Crippen LogP contribution in [0.15, 0.2) is 42.7 Å². The predicted molar refractivity (Wildman–Crippen MR) is 104 cm³/mol. The zero-order valence-corrected chi connectivity index (χ0v) is 15.4. The van der Waals surface area contributed by atoms with Gasteiger partial charge in [0.2, 0.25) is 5.95 Å². The zero-order chi connectivity index (χ0) is 19.4. The van der Waals surface area contributed by atoms with Crippen LogP contribution in [0.2, 0.25) is 0 Å². The number of aromatic amines is 1. The van der Waals surface area contributed by atoms with Crippen molar-refractivity contribution in [2.24, 2.45) is 0 Å². The first-order valence-electron chi connectivity index (χ1n) is 8.38. The summed E-state index contributed by atoms with van der Waals surface area (Å²) in [5.41, 5.74) is 8.17. The summed E-state index contributed by atoms with van der Waals surface area (Å²) in [6.07, 6.45) is 3.10. The molecule has 0 unspecified atom stereocenters. The Kier molecular flexibility index (Phi) is 4.90. The highest BCUT2D eigenvalue weighted by Gasteiger charge is 2.17. The second kappa shape index (κ2) is 7.30. The largest absolute Gasteiger partial charge is 0.368 e. The van der Waals surface area contributed by atoms with Gasteiger partial charge in [-0.2, -0.15) is 5.10 Å². The molecular formula is C20H20N6O. The summed E-state index contributed by atoms with van der Waals surface area (Å²) in [7, 11) is 0. The maximum atomic E-state index is 12.5. The fourth-order valence-electron chi connectivity index (χ4n) is 2.24. The van der Waals surface area contributed by atoms with Crippen molar-refractivity contribution >= 4 is 17.7 Å². The highest BCUT2D eigenvalue weighted by atomic mass is 16.1. The lowest BCUT2D eigenvalue weighted by Gasteiger charge is -2.14. The number of H-pyrrole nitrogens is 1. The average Bonchev–Trinajstić information content (AvgIpc) is 3.10. The van der Waals surface area contributed by atoms with Crippen LogP contribution in [0.3, 0.4) is 0 Å². The second-order valence-corrected chi connectivity index (χ2v) is 7.03. The van der Waals surface area contributed by atoms with Crippen LogP contribution in [-0.2, 0) is 5.41 Å². The predicted octanol–water partition coefficient (Wildman–Crippen LogP) is 2.73. The van der Waals surface area contributed by atoms with E-state index in [-0.39, 0.29) is 17.3 Å². The smallest absolute Gasteiger partial charge is 0.256 e. The lowest BCUT2D eigenvalue weighted by Crippen LogP contribution is -2.12. The van der Waals surface area contributed by atoms with E-state index in [1.807, 2.05) is 12.1 Å². The van der Waals surface area contributed by atoms with Crippen LogP contribution in [0.1, 0.15) is 48.0 Å². The lowest BCUT2D eigenvalue weighted by atomic mass is 9.92. The molecule has 0 saturated carbocycles. The third kappa shape index (κ3) is 4.70. The van der Waals surface area contributed by atoms with Crippen LogP contribution in [-0.4, -0.2) is 26.1 Å². The van der Waals surface area contributed by atoms with E-state index >= 15 is 0 Å². The summed E-state index contributed by atoms with van der Waals surface area (Å²) in [5, 5.41) is 9.89. The van der Waals surface area contributed by atoms with Crippen LogP contribution in [0, 0.1) is 11.8 Å². The van der Waals surface area contributed by atoms with Gasteiger partial charge in [-0.05, 0) is 18.2 Å². The number of nitrogens with one attached hydrogen (secondary N) is 2. The molecule has 7 heteroatoms. The Morgan fingerprint density at radius 3 is 2.48 bits per heavy atom. The molecule has 136 valence electrons. The summed E-state index contributed by atoms with van der Waals surface area (Å²) in [6.45, 7) is 6.21. The van der Waals surface area contributed by atoms with Crippen molar-refractivity contribution in [3.05, 3.63) is 65.1 Å². The molecule has 1 aromatic carbocycles. The zero-order valence-electron chi connectivity index (χ0n) is 15.4. The summed E-state index contributed by atoms with van der Waals surface area (Å²) in [6, 6.07) is 8.89. The number of aromatic nitrogens is 4. The van der Waals surface area contributed by atoms with E-state index in [0.717, 1.165) is 5.69 Å². The van der Waals surface area contributed by atoms with Gasteiger partial charge < -0.3 is 11.1 Å². The Hall–Kier alpha value is -3.66. The maximum absolute atomic E-state index is 12.5. The number of carbonyl (C=O) groups is 1. The molecule has 7 nitrogen and oxygen atoms in total. The van der Waals surface area contributed by atoms with E-state index in [1.54, 1.807) is 30.6 Å². The molecule has 3 aromatic rings. The fraction of sp³-hybridized carbons (Fsp3) is 0.200. The average molecular weight is 360 g/mol. The summed E-state index contributed by atoms with van der Waals surface area (Å²) < 4.78 is 0. The molecule has 0 aliphatic rings. The maximum Gasteiger partial charge on any atom is 0.256 e. The van der Waals surface area contributed by atoms with Gasteiger partial charge in [-0.15, -0.1) is 0 Å². The van der Waals surface area contributed by atoms with Gasteiger partial charge in [-0.1, -0.05) is 38.7 Å². The van der Waals surface area contributed by atoms with Gasteiger partial charge in [0, 0.05) is 40.7 Å². The Morgan fingerprint density at radius 1 is 1.11 bits per heavy atom. The van der Waals surface area contributed by atoms with Gasteiger partial charge in [0.05, 0.1) is 5.56 Å². The number of rotatable bonds is 2. The van der Waals surface area contributed by atoms with Crippen LogP contribution < -0.4 is 11.1 Å². The summed E-state index contributed by atoms with van der Waals surface area (Å²) in [5.74, 6) is 6.37. The van der Waals surface area contributed by atoms with Crippen LogP contribution in [0.5, 0.6) is 0 Å². The number of amides is 1. The number of carbonyl (C=O) groups excluding carboxylic acids is 1. The molecule has 0 radical (unpaired) electrons. The normalized spacial score (nSPS) is 10.8. The number of benzene rings is 1. The molecule has 1 amide bonds. The third-order valence-electron chi connectivity index (χ3n) is 3.78. The quantitative estimate of drug-likeness (QED) is 0.609. The van der Waals surface area contributed by atoms with E-state index < -0.39 is 0 Å². The van der Waals surface area contributed by atoms with Gasteiger partial charge in [0.25, 0.3) is 5.91 Å². The number of nitrogens with zero attached hydrogens (tertiary/aromatic N) is 3. The minimum Gasteiger partial charge on any atom is -0.368 e. The molecular weight excluding hydrogens is 340 g/mol. The first-order valence-corrected chi connectivity index (χ1v) is 8.38. The summed E-state index contributed by atoms with van der Waals surface area (Å²) >= 11 is 0. The first kappa shape index (κ1) is 18.1. The molecule has 0 aliphatic heterocycles. The minimum absolute atomic E-state index is 0.0721. The molecule has 0 atom stereocenters. The van der Waals surface area contributed by atoms with Gasteiger partial charge in [0.1, 0.15) is 0 Å². The van der Waals surface area contributed by atoms with E-state index in [0.29, 0.717) is 22.5 Å². The highest BCUT2D eigenvalue weighted by molar-refractivity contribution is 6.04. The SMILES string of the molecule is CC(C)(C)c1cc(NC(=O)c2cccc(C#Cc3cnc(N)nc3)c2)n[nH]1. The molecule has 0 aliphatic carbocycles. The summed E-state index contributed by atoms with van der Waals surface area (Å²) in [4.78, 5) is 20.3. The van der Waals surface area contributed by atoms with Crippen LogP contribution in [0.4, 0.5) is 11.8 Å². The number of anilines is 2. The number of hydrogen-bond acceptors (Lipinski definition) is 5. The van der Waals surface area contributed by atoms with E-state index in [9.17, 15) is 4.79 Å². The molecule has 2 aromatic heterocycles. The second-order valence-electron chi connectivity index (χ2n) is 7.03. The topological polar surface area (TPSA) is 110 Å². The van der Waals surface area contributed by atoms with Crippen molar-refractivity contribution in [1.29, 1.82) is 0 Å². The monoisotopic (exact) mass is 360 g/mol. The van der Waals surface area contributed by atoms with Crippen molar-refractivity contribution in [1.82, 2.24) is 20.2 Å². The van der Waals surface area contributed by atoms with Crippen molar-refractivity contribution in [2.45, 2.75) is 26.2 Å². The Morgan fingerprint density at radius 2 is 1.81 bits per heavy atom. The molecule has 0 fully saturated rings. The minimum atomic E-state index is -0.249. The molecule has 4 N–H and O–H groups in total. The van der Waals surface area contributed by atoms with E-state index in [1.165, 1.54) is 0 Å². The highest BCUT2D eigenvalue weighted by Crippen LogP contribution is 2.22. The Bertz CT molecular complexity index is 1020. The van der Waals surface area contributed by atoms with Crippen molar-refractivity contribution < 1.29 is 4.79 Å². The van der Waals surface area contributed by atoms with Gasteiger partial charge in [-0.3, -0.25) is 9.89 Å². The van der Waals surface area contributed by atoms with Gasteiger partial charge >= 0.3 is 0 Å². The number of nitrogen functional groups attached to an aromatic ring is 1. The number of hydrogen-bond donors (Lipinski definition) is 3. The third-order valence-corrected chi connectivity index (χ3v) is 3.78. The lowest BCUT2D eigenvalue weighted by molar-refractivity contribution is 0.102. The molecule has 0 bridgehead atoms. The Balaban J connectivity index is 1.74. The first-order chi connectivity index (χ1) is 12.8. The van der Waals surface area contributed by atoms with Crippen LogP contribution in [0.25, 0.3) is 0 Å². The molecule has 2 heterocycles. The molecule has 3 rings (SSSR count). The van der Waals surface area contributed by atoms with Crippen molar-refractivity contribution in [2.75, 3.05) is 11.1 Å².